The second-order valence-corrected chi connectivity index (χ2v) is 8.14. The molecule has 0 aliphatic carbocycles. The van der Waals surface area contributed by atoms with E-state index < -0.39 is 0 Å². The fraction of sp³-hybridized carbons (Fsp3) is 0.130. The first-order valence-electron chi connectivity index (χ1n) is 9.55. The van der Waals surface area contributed by atoms with Crippen molar-refractivity contribution >= 4 is 49.7 Å². The molecule has 2 aromatic heterocycles. The van der Waals surface area contributed by atoms with Crippen molar-refractivity contribution < 1.29 is 9.59 Å². The molecule has 4 aromatic rings. The number of nitrogens with zero attached hydrogens (tertiary/aromatic N) is 1. The number of imide groups is 1. The van der Waals surface area contributed by atoms with Crippen molar-refractivity contribution in [2.24, 2.45) is 5.73 Å². The number of aromatic nitrogens is 1. The summed E-state index contributed by atoms with van der Waals surface area (Å²) in [4.78, 5) is 25.6. The highest BCUT2D eigenvalue weighted by Crippen LogP contribution is 2.43. The molecule has 0 fully saturated rings. The molecular weight excluding hydrogens is 382 g/mol. The number of benzene rings is 2. The first kappa shape index (κ1) is 17.8. The summed E-state index contributed by atoms with van der Waals surface area (Å²) in [5.41, 5.74) is 9.05. The van der Waals surface area contributed by atoms with Crippen LogP contribution in [0.2, 0.25) is 0 Å². The number of nitrogens with two attached hydrogens (primary N) is 1. The summed E-state index contributed by atoms with van der Waals surface area (Å²) in [6, 6.07) is 18.4. The van der Waals surface area contributed by atoms with Crippen molar-refractivity contribution in [2.45, 2.75) is 13.0 Å². The third-order valence-corrected chi connectivity index (χ3v) is 6.36. The smallest absolute Gasteiger partial charge is 0.259 e. The Morgan fingerprint density at radius 2 is 1.83 bits per heavy atom. The summed E-state index contributed by atoms with van der Waals surface area (Å²) in [6.45, 7) is 1.32. The molecule has 5 rings (SSSR count). The normalized spacial score (nSPS) is 14.0. The number of nitrogens with one attached hydrogen (secondary N) is 1. The van der Waals surface area contributed by atoms with Crippen LogP contribution in [0.15, 0.2) is 60.7 Å². The second-order valence-electron chi connectivity index (χ2n) is 7.06. The molecule has 5 nitrogen and oxygen atoms in total. The summed E-state index contributed by atoms with van der Waals surface area (Å²) in [6.07, 6.45) is 2.23. The van der Waals surface area contributed by atoms with Crippen LogP contribution in [-0.4, -0.2) is 22.9 Å². The van der Waals surface area contributed by atoms with Crippen LogP contribution in [0, 0.1) is 0 Å². The van der Waals surface area contributed by atoms with Crippen molar-refractivity contribution in [3.8, 4) is 10.6 Å². The van der Waals surface area contributed by atoms with E-state index >= 15 is 0 Å². The van der Waals surface area contributed by atoms with Gasteiger partial charge in [0, 0.05) is 33.8 Å². The molecule has 0 radical (unpaired) electrons. The van der Waals surface area contributed by atoms with Crippen LogP contribution in [0.1, 0.15) is 12.0 Å². The number of para-hydroxylation sites is 1. The lowest BCUT2D eigenvalue weighted by molar-refractivity contribution is -0.123. The summed E-state index contributed by atoms with van der Waals surface area (Å²) in [7, 11) is 0. The lowest BCUT2D eigenvalue weighted by Crippen LogP contribution is -2.21. The molecule has 1 aliphatic rings. The van der Waals surface area contributed by atoms with E-state index in [0.717, 1.165) is 45.4 Å². The third kappa shape index (κ3) is 2.88. The van der Waals surface area contributed by atoms with Gasteiger partial charge in [0.1, 0.15) is 0 Å². The van der Waals surface area contributed by atoms with Gasteiger partial charge >= 0.3 is 0 Å². The maximum absolute atomic E-state index is 12.6. The zero-order chi connectivity index (χ0) is 20.0. The zero-order valence-electron chi connectivity index (χ0n) is 15.6. The maximum atomic E-state index is 12.6. The van der Waals surface area contributed by atoms with Crippen LogP contribution in [-0.2, 0) is 16.1 Å². The summed E-state index contributed by atoms with van der Waals surface area (Å²) in [5.74, 6) is -0.717. The van der Waals surface area contributed by atoms with E-state index in [1.54, 1.807) is 11.3 Å². The molecule has 0 unspecified atom stereocenters. The van der Waals surface area contributed by atoms with Gasteiger partial charge in [-0.25, -0.2) is 0 Å². The van der Waals surface area contributed by atoms with Gasteiger partial charge in [-0.05, 0) is 36.6 Å². The molecule has 0 spiro atoms. The number of hydrogen-bond donors (Lipinski definition) is 2. The van der Waals surface area contributed by atoms with Crippen LogP contribution < -0.4 is 11.1 Å². The van der Waals surface area contributed by atoms with Crippen molar-refractivity contribution in [3.63, 3.8) is 0 Å². The Morgan fingerprint density at radius 3 is 2.59 bits per heavy atom. The minimum absolute atomic E-state index is 0.348. The fourth-order valence-corrected chi connectivity index (χ4v) is 5.13. The Hall–Kier alpha value is -3.22. The van der Waals surface area contributed by atoms with Crippen LogP contribution in [0.5, 0.6) is 0 Å². The van der Waals surface area contributed by atoms with Crippen molar-refractivity contribution in [3.05, 3.63) is 66.2 Å². The van der Waals surface area contributed by atoms with Crippen molar-refractivity contribution in [1.29, 1.82) is 0 Å². The fourth-order valence-electron chi connectivity index (χ4n) is 4.01. The third-order valence-electron chi connectivity index (χ3n) is 5.24. The summed E-state index contributed by atoms with van der Waals surface area (Å²) >= 11 is 1.69. The average molecular weight is 401 g/mol. The highest BCUT2D eigenvalue weighted by molar-refractivity contribution is 7.22. The van der Waals surface area contributed by atoms with Crippen LogP contribution in [0.4, 0.5) is 0 Å². The monoisotopic (exact) mass is 401 g/mol. The van der Waals surface area contributed by atoms with E-state index in [9.17, 15) is 9.59 Å². The van der Waals surface area contributed by atoms with Gasteiger partial charge in [-0.15, -0.1) is 11.3 Å². The molecule has 0 saturated heterocycles. The quantitative estimate of drug-likeness (QED) is 0.498. The van der Waals surface area contributed by atoms with Gasteiger partial charge in [0.15, 0.2) is 0 Å². The largest absolute Gasteiger partial charge is 0.339 e. The Morgan fingerprint density at radius 1 is 1.03 bits per heavy atom. The lowest BCUT2D eigenvalue weighted by Gasteiger charge is -2.11. The molecule has 3 heterocycles. The Kier molecular flexibility index (Phi) is 4.30. The number of carbonyl (C=O) groups is 2. The average Bonchev–Trinajstić information content (AvgIpc) is 3.38. The van der Waals surface area contributed by atoms with E-state index in [-0.39, 0.29) is 11.8 Å². The molecule has 0 saturated carbocycles. The van der Waals surface area contributed by atoms with Gasteiger partial charge in [-0.3, -0.25) is 14.9 Å². The van der Waals surface area contributed by atoms with Crippen LogP contribution in [0.25, 0.3) is 37.1 Å². The number of hydrogen-bond acceptors (Lipinski definition) is 4. The molecule has 2 amide bonds. The number of amides is 2. The second kappa shape index (κ2) is 6.99. The number of fused-ring (bicyclic) bond motifs is 2. The predicted octanol–water partition coefficient (Wildman–Crippen LogP) is 3.91. The summed E-state index contributed by atoms with van der Waals surface area (Å²) in [5, 5.41) is 4.52. The minimum atomic E-state index is -0.369. The first-order chi connectivity index (χ1) is 14.2. The molecule has 29 heavy (non-hydrogen) atoms. The molecule has 0 atom stereocenters. The molecular formula is C23H19N3O2S. The van der Waals surface area contributed by atoms with Gasteiger partial charge < -0.3 is 10.3 Å². The number of thiophene rings is 1. The van der Waals surface area contributed by atoms with Crippen LogP contribution in [0.3, 0.4) is 0 Å². The van der Waals surface area contributed by atoms with Crippen molar-refractivity contribution in [1.82, 2.24) is 9.88 Å². The molecule has 6 heteroatoms. The highest BCUT2D eigenvalue weighted by atomic mass is 32.1. The van der Waals surface area contributed by atoms with E-state index in [1.807, 2.05) is 30.3 Å². The molecule has 144 valence electrons. The molecule has 3 N–H and O–H groups in total. The molecule has 2 aromatic carbocycles. The van der Waals surface area contributed by atoms with Crippen LogP contribution >= 0.6 is 11.3 Å². The van der Waals surface area contributed by atoms with Gasteiger partial charge in [0.2, 0.25) is 0 Å². The van der Waals surface area contributed by atoms with E-state index in [4.69, 9.17) is 5.73 Å². The van der Waals surface area contributed by atoms with Crippen molar-refractivity contribution in [2.75, 3.05) is 6.54 Å². The minimum Gasteiger partial charge on any atom is -0.339 e. The zero-order valence-corrected chi connectivity index (χ0v) is 16.5. The van der Waals surface area contributed by atoms with Gasteiger partial charge in [0.25, 0.3) is 11.8 Å². The molecule has 1 aliphatic heterocycles. The summed E-state index contributed by atoms with van der Waals surface area (Å²) < 4.78 is 3.42. The number of aryl methyl sites for hydroxylation is 1. The Labute approximate surface area is 171 Å². The topological polar surface area (TPSA) is 77.1 Å². The first-order valence-corrected chi connectivity index (χ1v) is 10.4. The predicted molar refractivity (Wildman–Crippen MR) is 118 cm³/mol. The number of rotatable bonds is 5. The highest BCUT2D eigenvalue weighted by Gasteiger charge is 2.30. The Balaban J connectivity index is 1.86. The number of carbonyl (C=O) groups excluding carboxylic acids is 2. The Bertz CT molecular complexity index is 1280. The maximum Gasteiger partial charge on any atom is 0.259 e. The molecule has 0 bridgehead atoms. The van der Waals surface area contributed by atoms with Gasteiger partial charge in [0.05, 0.1) is 16.1 Å². The van der Waals surface area contributed by atoms with E-state index in [2.05, 4.69) is 34.1 Å². The van der Waals surface area contributed by atoms with E-state index in [0.29, 0.717) is 12.1 Å². The lowest BCUT2D eigenvalue weighted by atomic mass is 10.0. The van der Waals surface area contributed by atoms with E-state index in [1.165, 1.54) is 10.8 Å². The SMILES string of the molecule is NCCCn1c(-c2cc3ccccc3s2)c(C2=CC(=O)NC2=O)c2ccccc21. The van der Waals surface area contributed by atoms with Gasteiger partial charge in [-0.1, -0.05) is 36.4 Å². The van der Waals surface area contributed by atoms with Gasteiger partial charge in [-0.2, -0.15) is 0 Å². The standard InChI is InChI=1S/C23H19N3O2S/c24-10-5-11-26-17-8-3-2-7-15(17)21(16-13-20(27)25-23(16)28)22(26)19-12-14-6-1-4-9-18(14)29-19/h1-4,6-9,12-13H,5,10-11,24H2,(H,25,27,28).